The Labute approximate surface area is 93.2 Å². The van der Waals surface area contributed by atoms with Crippen LogP contribution in [0, 0.1) is 0 Å². The van der Waals surface area contributed by atoms with Gasteiger partial charge < -0.3 is 9.32 Å². The van der Waals surface area contributed by atoms with Gasteiger partial charge in [0.25, 0.3) is 0 Å². The molecule has 0 atom stereocenters. The number of hydrogen-bond acceptors (Lipinski definition) is 5. The number of hydrogen-bond donors (Lipinski definition) is 0. The standard InChI is InChI=1S/C11H12N4O/c1-15-3-2-8-4-12-11(14-9(8)5-15)10-6-16-7-13-10/h4,6-7H,2-3,5H2,1H3. The van der Waals surface area contributed by atoms with Gasteiger partial charge in [-0.15, -0.1) is 0 Å². The number of fused-ring (bicyclic) bond motifs is 1. The first-order valence-corrected chi connectivity index (χ1v) is 5.25. The Morgan fingerprint density at radius 3 is 3.12 bits per heavy atom. The van der Waals surface area contributed by atoms with Crippen molar-refractivity contribution in [3.8, 4) is 11.5 Å². The van der Waals surface area contributed by atoms with Crippen molar-refractivity contribution >= 4 is 0 Å². The molecule has 0 spiro atoms. The third-order valence-electron chi connectivity index (χ3n) is 2.80. The number of aromatic nitrogens is 3. The molecule has 1 aliphatic heterocycles. The van der Waals surface area contributed by atoms with Crippen molar-refractivity contribution in [2.45, 2.75) is 13.0 Å². The van der Waals surface area contributed by atoms with Crippen molar-refractivity contribution < 1.29 is 4.42 Å². The van der Waals surface area contributed by atoms with Crippen molar-refractivity contribution in [1.29, 1.82) is 0 Å². The average molecular weight is 216 g/mol. The van der Waals surface area contributed by atoms with Crippen LogP contribution in [0.25, 0.3) is 11.5 Å². The van der Waals surface area contributed by atoms with E-state index in [1.54, 1.807) is 6.26 Å². The molecule has 5 heteroatoms. The lowest BCUT2D eigenvalue weighted by atomic mass is 10.1. The van der Waals surface area contributed by atoms with Gasteiger partial charge in [0.15, 0.2) is 12.2 Å². The van der Waals surface area contributed by atoms with Crippen LogP contribution in [0.4, 0.5) is 0 Å². The molecule has 16 heavy (non-hydrogen) atoms. The molecular weight excluding hydrogens is 204 g/mol. The van der Waals surface area contributed by atoms with E-state index in [-0.39, 0.29) is 0 Å². The van der Waals surface area contributed by atoms with E-state index in [2.05, 4.69) is 26.9 Å². The Bertz CT molecular complexity index is 495. The number of rotatable bonds is 1. The Balaban J connectivity index is 2.01. The molecule has 0 bridgehead atoms. The smallest absolute Gasteiger partial charge is 0.181 e. The third kappa shape index (κ3) is 1.59. The van der Waals surface area contributed by atoms with Gasteiger partial charge in [-0.1, -0.05) is 0 Å². The second-order valence-electron chi connectivity index (χ2n) is 4.03. The second kappa shape index (κ2) is 3.68. The molecule has 2 aromatic heterocycles. The lowest BCUT2D eigenvalue weighted by Crippen LogP contribution is -2.27. The van der Waals surface area contributed by atoms with Gasteiger partial charge in [0.05, 0.1) is 5.69 Å². The van der Waals surface area contributed by atoms with Crippen molar-refractivity contribution in [2.75, 3.05) is 13.6 Å². The molecule has 1 aliphatic rings. The molecule has 2 aromatic rings. The van der Waals surface area contributed by atoms with E-state index in [0.29, 0.717) is 11.5 Å². The van der Waals surface area contributed by atoms with E-state index in [1.165, 1.54) is 12.0 Å². The fraction of sp³-hybridized carbons (Fsp3) is 0.364. The van der Waals surface area contributed by atoms with Crippen molar-refractivity contribution in [2.24, 2.45) is 0 Å². The Kier molecular flexibility index (Phi) is 2.18. The molecule has 0 amide bonds. The lowest BCUT2D eigenvalue weighted by molar-refractivity contribution is 0.307. The summed E-state index contributed by atoms with van der Waals surface area (Å²) < 4.78 is 4.93. The maximum atomic E-state index is 4.93. The highest BCUT2D eigenvalue weighted by molar-refractivity contribution is 5.47. The van der Waals surface area contributed by atoms with Crippen LogP contribution in [-0.2, 0) is 13.0 Å². The molecule has 0 unspecified atom stereocenters. The van der Waals surface area contributed by atoms with Gasteiger partial charge in [0.2, 0.25) is 0 Å². The molecule has 0 fully saturated rings. The van der Waals surface area contributed by atoms with E-state index in [4.69, 9.17) is 4.42 Å². The fourth-order valence-corrected chi connectivity index (χ4v) is 1.88. The van der Waals surface area contributed by atoms with Gasteiger partial charge in [0, 0.05) is 19.3 Å². The Morgan fingerprint density at radius 2 is 2.31 bits per heavy atom. The van der Waals surface area contributed by atoms with Gasteiger partial charge in [0.1, 0.15) is 12.0 Å². The van der Waals surface area contributed by atoms with Crippen molar-refractivity contribution in [3.05, 3.63) is 30.1 Å². The minimum Gasteiger partial charge on any atom is -0.451 e. The lowest BCUT2D eigenvalue weighted by Gasteiger charge is -2.23. The molecule has 82 valence electrons. The summed E-state index contributed by atoms with van der Waals surface area (Å²) in [6, 6.07) is 0. The van der Waals surface area contributed by atoms with Crippen LogP contribution in [0.1, 0.15) is 11.3 Å². The molecule has 0 N–H and O–H groups in total. The quantitative estimate of drug-likeness (QED) is 0.715. The Hall–Kier alpha value is -1.75. The summed E-state index contributed by atoms with van der Waals surface area (Å²) in [6.07, 6.45) is 5.88. The summed E-state index contributed by atoms with van der Waals surface area (Å²) in [4.78, 5) is 15.1. The first-order chi connectivity index (χ1) is 7.83. The normalized spacial score (nSPS) is 16.1. The van der Waals surface area contributed by atoms with Crippen LogP contribution in [0.15, 0.2) is 23.3 Å². The summed E-state index contributed by atoms with van der Waals surface area (Å²) in [5, 5.41) is 0. The largest absolute Gasteiger partial charge is 0.451 e. The first kappa shape index (κ1) is 9.47. The van der Waals surface area contributed by atoms with E-state index in [1.807, 2.05) is 6.20 Å². The highest BCUT2D eigenvalue weighted by Crippen LogP contribution is 2.18. The molecule has 3 rings (SSSR count). The minimum absolute atomic E-state index is 0.641. The van der Waals surface area contributed by atoms with Crippen LogP contribution in [-0.4, -0.2) is 33.4 Å². The second-order valence-corrected chi connectivity index (χ2v) is 4.03. The molecule has 0 radical (unpaired) electrons. The third-order valence-corrected chi connectivity index (χ3v) is 2.80. The van der Waals surface area contributed by atoms with Gasteiger partial charge in [-0.05, 0) is 19.0 Å². The van der Waals surface area contributed by atoms with Gasteiger partial charge in [-0.25, -0.2) is 15.0 Å². The molecule has 3 heterocycles. The van der Waals surface area contributed by atoms with Crippen LogP contribution in [0.2, 0.25) is 0 Å². The monoisotopic (exact) mass is 216 g/mol. The van der Waals surface area contributed by atoms with Crippen molar-refractivity contribution in [3.63, 3.8) is 0 Å². The Morgan fingerprint density at radius 1 is 1.38 bits per heavy atom. The highest BCUT2D eigenvalue weighted by atomic mass is 16.3. The molecule has 0 saturated heterocycles. The maximum absolute atomic E-state index is 4.93. The maximum Gasteiger partial charge on any atom is 0.181 e. The van der Waals surface area contributed by atoms with E-state index in [0.717, 1.165) is 25.2 Å². The predicted molar refractivity (Wildman–Crippen MR) is 57.6 cm³/mol. The van der Waals surface area contributed by atoms with Gasteiger partial charge >= 0.3 is 0 Å². The minimum atomic E-state index is 0.641. The van der Waals surface area contributed by atoms with Gasteiger partial charge in [-0.2, -0.15) is 0 Å². The van der Waals surface area contributed by atoms with Crippen LogP contribution < -0.4 is 0 Å². The van der Waals surface area contributed by atoms with E-state index >= 15 is 0 Å². The summed E-state index contributed by atoms with van der Waals surface area (Å²) in [7, 11) is 2.10. The predicted octanol–water partition coefficient (Wildman–Crippen LogP) is 1.12. The van der Waals surface area contributed by atoms with Crippen LogP contribution >= 0.6 is 0 Å². The zero-order valence-corrected chi connectivity index (χ0v) is 9.05. The van der Waals surface area contributed by atoms with Crippen LogP contribution in [0.3, 0.4) is 0 Å². The summed E-state index contributed by atoms with van der Waals surface area (Å²) >= 11 is 0. The summed E-state index contributed by atoms with van der Waals surface area (Å²) in [6.45, 7) is 1.95. The van der Waals surface area contributed by atoms with E-state index in [9.17, 15) is 0 Å². The number of nitrogens with zero attached hydrogens (tertiary/aromatic N) is 4. The molecule has 0 aromatic carbocycles. The average Bonchev–Trinajstić information content (AvgIpc) is 2.81. The molecule has 0 aliphatic carbocycles. The molecular formula is C11H12N4O. The van der Waals surface area contributed by atoms with E-state index < -0.39 is 0 Å². The SMILES string of the molecule is CN1CCc2cnc(-c3cocn3)nc2C1. The number of oxazole rings is 1. The van der Waals surface area contributed by atoms with Gasteiger partial charge in [-0.3, -0.25) is 0 Å². The summed E-state index contributed by atoms with van der Waals surface area (Å²) in [5.41, 5.74) is 3.03. The topological polar surface area (TPSA) is 55.1 Å². The van der Waals surface area contributed by atoms with Crippen molar-refractivity contribution in [1.82, 2.24) is 19.9 Å². The zero-order valence-electron chi connectivity index (χ0n) is 9.05. The highest BCUT2D eigenvalue weighted by Gasteiger charge is 2.16. The van der Waals surface area contributed by atoms with Crippen LogP contribution in [0.5, 0.6) is 0 Å². The number of likely N-dealkylation sites (N-methyl/N-ethyl adjacent to an activating group) is 1. The zero-order chi connectivity index (χ0) is 11.0. The fourth-order valence-electron chi connectivity index (χ4n) is 1.88. The molecule has 0 saturated carbocycles. The first-order valence-electron chi connectivity index (χ1n) is 5.25. The summed E-state index contributed by atoms with van der Waals surface area (Å²) in [5.74, 6) is 0.641. The molecule has 5 nitrogen and oxygen atoms in total.